The highest BCUT2D eigenvalue weighted by atomic mass is 16.5. The van der Waals surface area contributed by atoms with E-state index in [1.54, 1.807) is 6.92 Å². The minimum Gasteiger partial charge on any atom is -0.458 e. The minimum absolute atomic E-state index is 0.448. The summed E-state index contributed by atoms with van der Waals surface area (Å²) in [6, 6.07) is 5.30. The summed E-state index contributed by atoms with van der Waals surface area (Å²) in [5.41, 5.74) is 1.87. The SMILES string of the molecule is C/C1=C\NC(=O)/N=C/Nc2cc(C)ccc2O1. The molecule has 0 bridgehead atoms. The molecule has 0 aromatic heterocycles. The molecule has 5 heteroatoms. The average Bonchev–Trinajstić information content (AvgIpc) is 2.29. The third-order valence-electron chi connectivity index (χ3n) is 2.21. The van der Waals surface area contributed by atoms with Gasteiger partial charge in [0.05, 0.1) is 12.0 Å². The number of hydrogen-bond donors (Lipinski definition) is 2. The smallest absolute Gasteiger partial charge is 0.346 e. The first-order valence-electron chi connectivity index (χ1n) is 5.20. The molecule has 1 aliphatic rings. The van der Waals surface area contributed by atoms with Crippen molar-refractivity contribution in [1.29, 1.82) is 0 Å². The molecule has 0 aliphatic carbocycles. The number of fused-ring (bicyclic) bond motifs is 1. The van der Waals surface area contributed by atoms with E-state index in [9.17, 15) is 4.79 Å². The summed E-state index contributed by atoms with van der Waals surface area (Å²) in [7, 11) is 0. The molecule has 0 unspecified atom stereocenters. The third kappa shape index (κ3) is 2.84. The number of carbonyl (C=O) groups excluding carboxylic acids is 1. The van der Waals surface area contributed by atoms with Crippen molar-refractivity contribution in [2.45, 2.75) is 13.8 Å². The first-order valence-corrected chi connectivity index (χ1v) is 5.20. The predicted molar refractivity (Wildman–Crippen MR) is 66.2 cm³/mol. The Kier molecular flexibility index (Phi) is 3.09. The molecule has 1 aliphatic heterocycles. The lowest BCUT2D eigenvalue weighted by Crippen LogP contribution is -2.16. The van der Waals surface area contributed by atoms with Crippen LogP contribution in [0.1, 0.15) is 12.5 Å². The molecular weight excluding hydrogens is 218 g/mol. The molecule has 0 atom stereocenters. The molecule has 1 aromatic rings. The maximum absolute atomic E-state index is 11.2. The molecule has 88 valence electrons. The number of nitrogens with zero attached hydrogens (tertiary/aromatic N) is 1. The number of anilines is 1. The molecule has 0 spiro atoms. The number of urea groups is 1. The van der Waals surface area contributed by atoms with Gasteiger partial charge in [0.2, 0.25) is 0 Å². The molecule has 0 saturated heterocycles. The number of rotatable bonds is 0. The van der Waals surface area contributed by atoms with E-state index in [1.165, 1.54) is 12.5 Å². The Hall–Kier alpha value is -2.30. The van der Waals surface area contributed by atoms with E-state index in [1.807, 2.05) is 25.1 Å². The van der Waals surface area contributed by atoms with Crippen LogP contribution in [0.5, 0.6) is 5.75 Å². The molecule has 2 amide bonds. The highest BCUT2D eigenvalue weighted by Gasteiger charge is 2.06. The van der Waals surface area contributed by atoms with E-state index < -0.39 is 6.03 Å². The summed E-state index contributed by atoms with van der Waals surface area (Å²) in [6.07, 6.45) is 2.82. The zero-order valence-electron chi connectivity index (χ0n) is 9.65. The van der Waals surface area contributed by atoms with Crippen molar-refractivity contribution in [1.82, 2.24) is 5.32 Å². The van der Waals surface area contributed by atoms with E-state index in [4.69, 9.17) is 4.74 Å². The van der Waals surface area contributed by atoms with Gasteiger partial charge in [0.15, 0.2) is 0 Å². The Bertz CT molecular complexity index is 506. The van der Waals surface area contributed by atoms with Gasteiger partial charge in [-0.3, -0.25) is 0 Å². The van der Waals surface area contributed by atoms with Crippen LogP contribution in [0.2, 0.25) is 0 Å². The number of nitrogens with one attached hydrogen (secondary N) is 2. The fourth-order valence-electron chi connectivity index (χ4n) is 1.41. The van der Waals surface area contributed by atoms with Crippen molar-refractivity contribution in [2.75, 3.05) is 5.32 Å². The molecule has 5 nitrogen and oxygen atoms in total. The monoisotopic (exact) mass is 231 g/mol. The van der Waals surface area contributed by atoms with Crippen LogP contribution in [0.4, 0.5) is 10.5 Å². The van der Waals surface area contributed by atoms with E-state index >= 15 is 0 Å². The molecule has 1 heterocycles. The molecule has 2 N–H and O–H groups in total. The summed E-state index contributed by atoms with van der Waals surface area (Å²) in [5, 5.41) is 5.40. The number of benzene rings is 1. The number of aryl methyl sites for hydroxylation is 1. The van der Waals surface area contributed by atoms with E-state index in [2.05, 4.69) is 15.6 Å². The van der Waals surface area contributed by atoms with Gasteiger partial charge in [-0.25, -0.2) is 4.79 Å². The van der Waals surface area contributed by atoms with Crippen molar-refractivity contribution in [2.24, 2.45) is 4.99 Å². The fraction of sp³-hybridized carbons (Fsp3) is 0.167. The minimum atomic E-state index is -0.448. The number of amides is 2. The van der Waals surface area contributed by atoms with Crippen molar-refractivity contribution in [3.05, 3.63) is 35.7 Å². The van der Waals surface area contributed by atoms with Gasteiger partial charge in [-0.15, -0.1) is 0 Å². The summed E-state index contributed by atoms with van der Waals surface area (Å²) in [5.74, 6) is 1.27. The lowest BCUT2D eigenvalue weighted by Gasteiger charge is -2.13. The second-order valence-corrected chi connectivity index (χ2v) is 3.71. The maximum atomic E-state index is 11.2. The largest absolute Gasteiger partial charge is 0.458 e. The Balaban J connectivity index is 2.39. The van der Waals surface area contributed by atoms with Crippen molar-refractivity contribution < 1.29 is 9.53 Å². The number of allylic oxidation sites excluding steroid dienone is 1. The zero-order chi connectivity index (χ0) is 12.3. The summed E-state index contributed by atoms with van der Waals surface area (Å²) >= 11 is 0. The van der Waals surface area contributed by atoms with Crippen molar-refractivity contribution in [3.8, 4) is 5.75 Å². The van der Waals surface area contributed by atoms with Crippen molar-refractivity contribution >= 4 is 18.1 Å². The lowest BCUT2D eigenvalue weighted by atomic mass is 10.2. The van der Waals surface area contributed by atoms with Gasteiger partial charge < -0.3 is 15.4 Å². The maximum Gasteiger partial charge on any atom is 0.346 e. The first-order chi connectivity index (χ1) is 8.15. The standard InChI is InChI=1S/C12H13N3O2/c1-8-3-4-11-10(5-8)14-7-15-12(16)13-6-9(2)17-11/h3-7H,1-2H3,(H2,13,14,15,16)/b9-6+. The summed E-state index contributed by atoms with van der Waals surface area (Å²) in [6.45, 7) is 3.74. The van der Waals surface area contributed by atoms with Crippen LogP contribution in [-0.4, -0.2) is 12.4 Å². The van der Waals surface area contributed by atoms with Gasteiger partial charge in [-0.05, 0) is 31.5 Å². The number of aliphatic imine (C=N–C) groups is 1. The topological polar surface area (TPSA) is 62.7 Å². The predicted octanol–water partition coefficient (Wildman–Crippen LogP) is 2.40. The molecule has 1 aromatic carbocycles. The van der Waals surface area contributed by atoms with Crippen LogP contribution in [0.3, 0.4) is 0 Å². The third-order valence-corrected chi connectivity index (χ3v) is 2.21. The van der Waals surface area contributed by atoms with Crippen LogP contribution < -0.4 is 15.4 Å². The van der Waals surface area contributed by atoms with Gasteiger partial charge in [-0.2, -0.15) is 4.99 Å². The molecule has 0 fully saturated rings. The molecule has 0 radical (unpaired) electrons. The number of carbonyl (C=O) groups is 1. The molecule has 17 heavy (non-hydrogen) atoms. The van der Waals surface area contributed by atoms with Gasteiger partial charge >= 0.3 is 6.03 Å². The normalized spacial score (nSPS) is 19.9. The van der Waals surface area contributed by atoms with Crippen LogP contribution in [0.25, 0.3) is 0 Å². The average molecular weight is 231 g/mol. The number of hydrogen-bond acceptors (Lipinski definition) is 3. The van der Waals surface area contributed by atoms with Gasteiger partial charge in [0.25, 0.3) is 0 Å². The highest BCUT2D eigenvalue weighted by Crippen LogP contribution is 2.26. The summed E-state index contributed by atoms with van der Waals surface area (Å²) < 4.78 is 5.60. The lowest BCUT2D eigenvalue weighted by molar-refractivity contribution is 0.252. The van der Waals surface area contributed by atoms with E-state index in [-0.39, 0.29) is 0 Å². The first kappa shape index (κ1) is 11.2. The Morgan fingerprint density at radius 3 is 2.88 bits per heavy atom. The van der Waals surface area contributed by atoms with Gasteiger partial charge in [0, 0.05) is 6.20 Å². The second kappa shape index (κ2) is 4.69. The Morgan fingerprint density at radius 2 is 2.06 bits per heavy atom. The summed E-state index contributed by atoms with van der Waals surface area (Å²) in [4.78, 5) is 14.8. The van der Waals surface area contributed by atoms with Crippen LogP contribution in [0, 0.1) is 6.92 Å². The fourth-order valence-corrected chi connectivity index (χ4v) is 1.41. The van der Waals surface area contributed by atoms with Crippen LogP contribution in [-0.2, 0) is 0 Å². The number of ether oxygens (including phenoxy) is 1. The molecular formula is C12H13N3O2. The highest BCUT2D eigenvalue weighted by molar-refractivity contribution is 5.90. The zero-order valence-corrected chi connectivity index (χ0v) is 9.65. The van der Waals surface area contributed by atoms with Crippen LogP contribution >= 0.6 is 0 Å². The van der Waals surface area contributed by atoms with E-state index in [0.29, 0.717) is 11.5 Å². The van der Waals surface area contributed by atoms with E-state index in [0.717, 1.165) is 11.3 Å². The Labute approximate surface area is 99.2 Å². The molecule has 0 saturated carbocycles. The van der Waals surface area contributed by atoms with Crippen molar-refractivity contribution in [3.63, 3.8) is 0 Å². The van der Waals surface area contributed by atoms with Gasteiger partial charge in [0.1, 0.15) is 11.5 Å². The van der Waals surface area contributed by atoms with Gasteiger partial charge in [-0.1, -0.05) is 6.07 Å². The second-order valence-electron chi connectivity index (χ2n) is 3.71. The Morgan fingerprint density at radius 1 is 1.24 bits per heavy atom. The quantitative estimate of drug-likeness (QED) is 0.720. The molecule has 2 rings (SSSR count). The van der Waals surface area contributed by atoms with Crippen LogP contribution in [0.15, 0.2) is 35.2 Å².